The van der Waals surface area contributed by atoms with Gasteiger partial charge in [0.2, 0.25) is 0 Å². The van der Waals surface area contributed by atoms with Crippen molar-refractivity contribution in [2.24, 2.45) is 0 Å². The van der Waals surface area contributed by atoms with Crippen molar-refractivity contribution < 1.29 is 17.3 Å². The molecule has 7 heteroatoms. The smallest absolute Gasteiger partial charge is 0.297 e. The van der Waals surface area contributed by atoms with E-state index in [1.165, 1.54) is 5.56 Å². The van der Waals surface area contributed by atoms with Crippen molar-refractivity contribution in [3.8, 4) is 0 Å². The minimum absolute atomic E-state index is 0. The maximum atomic E-state index is 12.3. The van der Waals surface area contributed by atoms with Gasteiger partial charge in [0, 0.05) is 19.6 Å². The quantitative estimate of drug-likeness (QED) is 0.701. The van der Waals surface area contributed by atoms with Gasteiger partial charge in [0.15, 0.2) is 0 Å². The number of hydrogen-bond donors (Lipinski definition) is 0. The van der Waals surface area contributed by atoms with E-state index in [2.05, 4.69) is 17.0 Å². The van der Waals surface area contributed by atoms with Gasteiger partial charge in [0.1, 0.15) is 0 Å². The molecule has 2 aromatic rings. The first-order chi connectivity index (χ1) is 12.0. The summed E-state index contributed by atoms with van der Waals surface area (Å²) in [5.41, 5.74) is 2.24. The SMILES string of the molecule is Cc1ccc(S(=O)(=O)OC[C@H]2CN(Cc3ccccc3)CCO2)cc1.Cl. The summed E-state index contributed by atoms with van der Waals surface area (Å²) in [6.45, 7) is 4.82. The molecule has 0 aliphatic carbocycles. The highest BCUT2D eigenvalue weighted by Gasteiger charge is 2.24. The van der Waals surface area contributed by atoms with Crippen LogP contribution in [-0.2, 0) is 25.6 Å². The molecule has 3 rings (SSSR count). The number of hydrogen-bond acceptors (Lipinski definition) is 5. The van der Waals surface area contributed by atoms with Crippen LogP contribution in [-0.4, -0.2) is 45.7 Å². The second-order valence-corrected chi connectivity index (χ2v) is 7.88. The Morgan fingerprint density at radius 2 is 1.81 bits per heavy atom. The first-order valence-corrected chi connectivity index (χ1v) is 9.78. The van der Waals surface area contributed by atoms with E-state index in [1.807, 2.05) is 25.1 Å². The first-order valence-electron chi connectivity index (χ1n) is 8.37. The van der Waals surface area contributed by atoms with Gasteiger partial charge in [-0.15, -0.1) is 12.4 Å². The van der Waals surface area contributed by atoms with Crippen molar-refractivity contribution in [1.29, 1.82) is 0 Å². The van der Waals surface area contributed by atoms with Gasteiger partial charge in [0.25, 0.3) is 10.1 Å². The predicted octanol–water partition coefficient (Wildman–Crippen LogP) is 3.02. The van der Waals surface area contributed by atoms with E-state index in [1.54, 1.807) is 24.3 Å². The van der Waals surface area contributed by atoms with Crippen LogP contribution in [0.15, 0.2) is 59.5 Å². The fraction of sp³-hybridized carbons (Fsp3) is 0.368. The molecule has 1 aliphatic heterocycles. The normalized spacial score (nSPS) is 18.3. The van der Waals surface area contributed by atoms with Gasteiger partial charge < -0.3 is 4.74 Å². The molecule has 1 heterocycles. The van der Waals surface area contributed by atoms with Crippen molar-refractivity contribution in [2.45, 2.75) is 24.5 Å². The molecule has 2 aromatic carbocycles. The minimum atomic E-state index is -3.75. The zero-order valence-electron chi connectivity index (χ0n) is 14.7. The third kappa shape index (κ3) is 5.79. The topological polar surface area (TPSA) is 55.8 Å². The van der Waals surface area contributed by atoms with E-state index in [4.69, 9.17) is 8.92 Å². The maximum Gasteiger partial charge on any atom is 0.297 e. The summed E-state index contributed by atoms with van der Waals surface area (Å²) in [6.07, 6.45) is -0.252. The van der Waals surface area contributed by atoms with E-state index in [9.17, 15) is 8.42 Å². The molecule has 0 aromatic heterocycles. The molecule has 1 aliphatic rings. The van der Waals surface area contributed by atoms with Crippen molar-refractivity contribution in [1.82, 2.24) is 4.90 Å². The van der Waals surface area contributed by atoms with Crippen LogP contribution in [0.1, 0.15) is 11.1 Å². The fourth-order valence-electron chi connectivity index (χ4n) is 2.80. The highest BCUT2D eigenvalue weighted by Crippen LogP contribution is 2.16. The van der Waals surface area contributed by atoms with Gasteiger partial charge in [-0.3, -0.25) is 9.08 Å². The van der Waals surface area contributed by atoms with Crippen LogP contribution in [0.3, 0.4) is 0 Å². The third-order valence-corrected chi connectivity index (χ3v) is 5.49. The molecule has 0 spiro atoms. The van der Waals surface area contributed by atoms with Crippen molar-refractivity contribution in [2.75, 3.05) is 26.3 Å². The van der Waals surface area contributed by atoms with Crippen LogP contribution < -0.4 is 0 Å². The Balaban J connectivity index is 0.00000243. The number of nitrogens with zero attached hydrogens (tertiary/aromatic N) is 1. The molecule has 26 heavy (non-hydrogen) atoms. The number of aryl methyl sites for hydroxylation is 1. The number of benzene rings is 2. The van der Waals surface area contributed by atoms with Crippen molar-refractivity contribution >= 4 is 22.5 Å². The number of ether oxygens (including phenoxy) is 1. The van der Waals surface area contributed by atoms with E-state index in [-0.39, 0.29) is 30.0 Å². The lowest BCUT2D eigenvalue weighted by Gasteiger charge is -2.32. The largest absolute Gasteiger partial charge is 0.373 e. The van der Waals surface area contributed by atoms with Crippen LogP contribution >= 0.6 is 12.4 Å². The summed E-state index contributed by atoms with van der Waals surface area (Å²) in [7, 11) is -3.75. The Morgan fingerprint density at radius 1 is 1.12 bits per heavy atom. The predicted molar refractivity (Wildman–Crippen MR) is 103 cm³/mol. The van der Waals surface area contributed by atoms with Crippen LogP contribution in [0.25, 0.3) is 0 Å². The van der Waals surface area contributed by atoms with Gasteiger partial charge in [-0.05, 0) is 24.6 Å². The lowest BCUT2D eigenvalue weighted by Crippen LogP contribution is -2.44. The average Bonchev–Trinajstić information content (AvgIpc) is 2.62. The summed E-state index contributed by atoms with van der Waals surface area (Å²) in [5, 5.41) is 0. The third-order valence-electron chi connectivity index (χ3n) is 4.19. The van der Waals surface area contributed by atoms with Crippen molar-refractivity contribution in [3.63, 3.8) is 0 Å². The monoisotopic (exact) mass is 397 g/mol. The number of rotatable bonds is 6. The molecular formula is C19H24ClNO4S. The Hall–Kier alpha value is -1.44. The zero-order chi connectivity index (χ0) is 17.7. The zero-order valence-corrected chi connectivity index (χ0v) is 16.3. The summed E-state index contributed by atoms with van der Waals surface area (Å²) >= 11 is 0. The Kier molecular flexibility index (Phi) is 7.61. The van der Waals surface area contributed by atoms with Gasteiger partial charge >= 0.3 is 0 Å². The lowest BCUT2D eigenvalue weighted by molar-refractivity contribution is -0.0495. The Labute approximate surface area is 161 Å². The lowest BCUT2D eigenvalue weighted by atomic mass is 10.2. The average molecular weight is 398 g/mol. The molecular weight excluding hydrogens is 374 g/mol. The van der Waals surface area contributed by atoms with Crippen molar-refractivity contribution in [3.05, 3.63) is 65.7 Å². The highest BCUT2D eigenvalue weighted by molar-refractivity contribution is 7.86. The maximum absolute atomic E-state index is 12.3. The summed E-state index contributed by atoms with van der Waals surface area (Å²) in [5.74, 6) is 0. The molecule has 142 valence electrons. The molecule has 0 radical (unpaired) electrons. The molecule has 1 fully saturated rings. The first kappa shape index (κ1) is 20.9. The standard InChI is InChI=1S/C19H23NO4S.ClH/c1-16-7-9-19(10-8-16)25(21,22)24-15-18-14-20(11-12-23-18)13-17-5-3-2-4-6-17;/h2-10,18H,11-15H2,1H3;1H/t18-;/m1./s1. The van der Waals surface area contributed by atoms with Gasteiger partial charge in [-0.1, -0.05) is 48.0 Å². The van der Waals surface area contributed by atoms with E-state index in [0.717, 1.165) is 18.7 Å². The Morgan fingerprint density at radius 3 is 2.50 bits per heavy atom. The number of morpholine rings is 1. The van der Waals surface area contributed by atoms with Gasteiger partial charge in [0.05, 0.1) is 24.2 Å². The van der Waals surface area contributed by atoms with Crippen LogP contribution in [0.5, 0.6) is 0 Å². The molecule has 0 N–H and O–H groups in total. The van der Waals surface area contributed by atoms with Crippen LogP contribution in [0, 0.1) is 6.92 Å². The molecule has 1 atom stereocenters. The summed E-state index contributed by atoms with van der Waals surface area (Å²) in [6, 6.07) is 16.8. The van der Waals surface area contributed by atoms with Gasteiger partial charge in [-0.2, -0.15) is 8.42 Å². The fourth-order valence-corrected chi connectivity index (χ4v) is 3.74. The number of halogens is 1. The van der Waals surface area contributed by atoms with Crippen LogP contribution in [0.2, 0.25) is 0 Å². The molecule has 5 nitrogen and oxygen atoms in total. The molecule has 0 bridgehead atoms. The van der Waals surface area contributed by atoms with Crippen LogP contribution in [0.4, 0.5) is 0 Å². The summed E-state index contributed by atoms with van der Waals surface area (Å²) in [4.78, 5) is 2.43. The Bertz CT molecular complexity index is 781. The van der Waals surface area contributed by atoms with E-state index >= 15 is 0 Å². The minimum Gasteiger partial charge on any atom is -0.373 e. The second kappa shape index (κ2) is 9.48. The highest BCUT2D eigenvalue weighted by atomic mass is 35.5. The molecule has 0 amide bonds. The molecule has 1 saturated heterocycles. The summed E-state index contributed by atoms with van der Waals surface area (Å²) < 4.78 is 35.4. The van der Waals surface area contributed by atoms with E-state index in [0.29, 0.717) is 13.2 Å². The van der Waals surface area contributed by atoms with E-state index < -0.39 is 10.1 Å². The second-order valence-electron chi connectivity index (χ2n) is 6.27. The molecule has 0 saturated carbocycles. The van der Waals surface area contributed by atoms with Gasteiger partial charge in [-0.25, -0.2) is 0 Å². The molecule has 0 unspecified atom stereocenters.